The minimum Gasteiger partial charge on any atom is -0.311 e. The normalized spacial score (nSPS) is 15.2. The van der Waals surface area contributed by atoms with Crippen molar-refractivity contribution in [3.63, 3.8) is 0 Å². The summed E-state index contributed by atoms with van der Waals surface area (Å²) in [5.41, 5.74) is 1.83. The summed E-state index contributed by atoms with van der Waals surface area (Å²) in [5.74, 6) is -0.0184. The summed E-state index contributed by atoms with van der Waals surface area (Å²) in [6.45, 7) is 0.241. The first kappa shape index (κ1) is 12.8. The zero-order valence-electron chi connectivity index (χ0n) is 9.31. The molecule has 1 aromatic rings. The Labute approximate surface area is 114 Å². The smallest absolute Gasteiger partial charge is 0.231 e. The fraction of sp³-hybridized carbons (Fsp3) is 0.364. The molecule has 6 heteroatoms. The lowest BCUT2D eigenvalue weighted by atomic mass is 10.2. The van der Waals surface area contributed by atoms with Gasteiger partial charge in [-0.15, -0.1) is 0 Å². The van der Waals surface area contributed by atoms with E-state index in [9.17, 15) is 13.2 Å². The summed E-state index contributed by atoms with van der Waals surface area (Å²) < 4.78 is 23.3. The number of anilines is 1. The number of fused-ring (bicyclic) bond motifs is 1. The van der Waals surface area contributed by atoms with Crippen molar-refractivity contribution < 1.29 is 13.2 Å². The fourth-order valence-corrected chi connectivity index (χ4v) is 2.92. The van der Waals surface area contributed by atoms with E-state index in [4.69, 9.17) is 0 Å². The van der Waals surface area contributed by atoms with Gasteiger partial charge < -0.3 is 4.90 Å². The Hall–Kier alpha value is -0.630. The molecule has 0 spiro atoms. The Balaban J connectivity index is 2.23. The summed E-state index contributed by atoms with van der Waals surface area (Å²) in [7, 11) is -3.04. The Morgan fingerprint density at radius 3 is 2.76 bits per heavy atom. The molecule has 0 radical (unpaired) electrons. The van der Waals surface area contributed by atoms with Crippen LogP contribution in [0.3, 0.4) is 0 Å². The van der Waals surface area contributed by atoms with E-state index in [2.05, 4.69) is 22.6 Å². The number of carbonyl (C=O) groups excluding carboxylic acids is 1. The third-order valence-corrected chi connectivity index (χ3v) is 4.26. The molecule has 0 atom stereocenters. The second-order valence-corrected chi connectivity index (χ2v) is 7.63. The number of sulfone groups is 1. The number of amides is 1. The van der Waals surface area contributed by atoms with Crippen LogP contribution < -0.4 is 4.90 Å². The molecule has 1 heterocycles. The zero-order valence-corrected chi connectivity index (χ0v) is 12.3. The average molecular weight is 365 g/mol. The first-order valence-corrected chi connectivity index (χ1v) is 8.27. The van der Waals surface area contributed by atoms with Crippen LogP contribution in [0.1, 0.15) is 5.56 Å². The lowest BCUT2D eigenvalue weighted by Crippen LogP contribution is -2.31. The van der Waals surface area contributed by atoms with Gasteiger partial charge in [-0.1, -0.05) is 0 Å². The molecule has 4 nitrogen and oxygen atoms in total. The summed E-state index contributed by atoms with van der Waals surface area (Å²) in [4.78, 5) is 13.4. The molecular weight excluding hydrogens is 353 g/mol. The van der Waals surface area contributed by atoms with Crippen LogP contribution >= 0.6 is 22.6 Å². The molecule has 0 unspecified atom stereocenters. The molecule has 1 aliphatic rings. The van der Waals surface area contributed by atoms with Gasteiger partial charge in [-0.2, -0.15) is 0 Å². The molecule has 0 saturated carbocycles. The van der Waals surface area contributed by atoms with E-state index < -0.39 is 9.84 Å². The quantitative estimate of drug-likeness (QED) is 0.758. The van der Waals surface area contributed by atoms with Gasteiger partial charge >= 0.3 is 0 Å². The first-order valence-electron chi connectivity index (χ1n) is 5.13. The number of benzene rings is 1. The highest BCUT2D eigenvalue weighted by Gasteiger charge is 2.27. The predicted molar refractivity (Wildman–Crippen MR) is 74.9 cm³/mol. The van der Waals surface area contributed by atoms with Crippen molar-refractivity contribution in [1.29, 1.82) is 0 Å². The third-order valence-electron chi connectivity index (χ3n) is 2.66. The SMILES string of the molecule is CS(=O)(=O)CCN1C(=O)Cc2cc(I)ccc21. The van der Waals surface area contributed by atoms with E-state index in [1.165, 1.54) is 6.26 Å². The van der Waals surface area contributed by atoms with E-state index in [0.29, 0.717) is 6.42 Å². The number of nitrogens with zero attached hydrogens (tertiary/aromatic N) is 1. The van der Waals surface area contributed by atoms with E-state index in [1.807, 2.05) is 18.2 Å². The van der Waals surface area contributed by atoms with Gasteiger partial charge in [0, 0.05) is 22.1 Å². The van der Waals surface area contributed by atoms with E-state index in [0.717, 1.165) is 14.8 Å². The van der Waals surface area contributed by atoms with E-state index >= 15 is 0 Å². The molecule has 0 bridgehead atoms. The van der Waals surface area contributed by atoms with Crippen LogP contribution in [0.15, 0.2) is 18.2 Å². The molecule has 0 saturated heterocycles. The average Bonchev–Trinajstić information content (AvgIpc) is 2.48. The molecule has 92 valence electrons. The van der Waals surface area contributed by atoms with Crippen molar-refractivity contribution in [3.8, 4) is 0 Å². The van der Waals surface area contributed by atoms with E-state index in [-0.39, 0.29) is 18.2 Å². The summed E-state index contributed by atoms with van der Waals surface area (Å²) in [6, 6.07) is 5.77. The van der Waals surface area contributed by atoms with Crippen LogP contribution in [0.5, 0.6) is 0 Å². The molecule has 2 rings (SSSR count). The number of hydrogen-bond acceptors (Lipinski definition) is 3. The summed E-state index contributed by atoms with van der Waals surface area (Å²) in [5, 5.41) is 0. The van der Waals surface area contributed by atoms with Gasteiger partial charge in [0.1, 0.15) is 9.84 Å². The van der Waals surface area contributed by atoms with Crippen LogP contribution in [0.4, 0.5) is 5.69 Å². The van der Waals surface area contributed by atoms with Gasteiger partial charge in [-0.05, 0) is 46.4 Å². The standard InChI is InChI=1S/C11H12INO3S/c1-17(15,16)5-4-13-10-3-2-9(12)6-8(10)7-11(13)14/h2-3,6H,4-5,7H2,1H3. The van der Waals surface area contributed by atoms with Crippen LogP contribution in [-0.2, 0) is 21.1 Å². The van der Waals surface area contributed by atoms with Gasteiger partial charge in [0.25, 0.3) is 0 Å². The first-order chi connectivity index (χ1) is 7.87. The molecule has 0 aliphatic carbocycles. The van der Waals surface area contributed by atoms with Crippen molar-refractivity contribution in [2.75, 3.05) is 23.5 Å². The molecule has 0 fully saturated rings. The number of rotatable bonds is 3. The minimum absolute atomic E-state index is 0.00413. The Bertz CT molecular complexity index is 568. The Morgan fingerprint density at radius 2 is 2.12 bits per heavy atom. The third kappa shape index (κ3) is 2.98. The Morgan fingerprint density at radius 1 is 1.41 bits per heavy atom. The summed E-state index contributed by atoms with van der Waals surface area (Å²) >= 11 is 2.20. The lowest BCUT2D eigenvalue weighted by molar-refractivity contribution is -0.117. The van der Waals surface area contributed by atoms with Gasteiger partial charge in [0.05, 0.1) is 12.2 Å². The fourth-order valence-electron chi connectivity index (χ4n) is 1.85. The number of carbonyl (C=O) groups is 1. The van der Waals surface area contributed by atoms with Crippen molar-refractivity contribution in [3.05, 3.63) is 27.3 Å². The van der Waals surface area contributed by atoms with Crippen molar-refractivity contribution in [2.24, 2.45) is 0 Å². The highest BCUT2D eigenvalue weighted by molar-refractivity contribution is 14.1. The van der Waals surface area contributed by atoms with Crippen LogP contribution in [0.2, 0.25) is 0 Å². The molecule has 1 amide bonds. The van der Waals surface area contributed by atoms with Crippen LogP contribution in [0.25, 0.3) is 0 Å². The molecule has 0 N–H and O–H groups in total. The Kier molecular flexibility index (Phi) is 3.44. The van der Waals surface area contributed by atoms with Crippen LogP contribution in [-0.4, -0.2) is 32.9 Å². The van der Waals surface area contributed by atoms with Gasteiger partial charge in [0.15, 0.2) is 0 Å². The largest absolute Gasteiger partial charge is 0.311 e. The molecule has 0 aromatic heterocycles. The maximum Gasteiger partial charge on any atom is 0.231 e. The highest BCUT2D eigenvalue weighted by atomic mass is 127. The molecule has 17 heavy (non-hydrogen) atoms. The predicted octanol–water partition coefficient (Wildman–Crippen LogP) is 1.22. The second-order valence-electron chi connectivity index (χ2n) is 4.13. The highest BCUT2D eigenvalue weighted by Crippen LogP contribution is 2.29. The monoisotopic (exact) mass is 365 g/mol. The van der Waals surface area contributed by atoms with Gasteiger partial charge in [-0.25, -0.2) is 8.42 Å². The molecule has 1 aromatic carbocycles. The van der Waals surface area contributed by atoms with Crippen LogP contribution in [0, 0.1) is 3.57 Å². The zero-order chi connectivity index (χ0) is 12.6. The minimum atomic E-state index is -3.04. The molecule has 1 aliphatic heterocycles. The van der Waals surface area contributed by atoms with Crippen molar-refractivity contribution >= 4 is 44.0 Å². The topological polar surface area (TPSA) is 54.5 Å². The van der Waals surface area contributed by atoms with Gasteiger partial charge in [0.2, 0.25) is 5.91 Å². The van der Waals surface area contributed by atoms with Gasteiger partial charge in [-0.3, -0.25) is 4.79 Å². The van der Waals surface area contributed by atoms with Crippen molar-refractivity contribution in [2.45, 2.75) is 6.42 Å². The maximum absolute atomic E-state index is 11.8. The second kappa shape index (κ2) is 4.56. The summed E-state index contributed by atoms with van der Waals surface area (Å²) in [6.07, 6.45) is 1.55. The molecular formula is C11H12INO3S. The lowest BCUT2D eigenvalue weighted by Gasteiger charge is -2.16. The number of halogens is 1. The van der Waals surface area contributed by atoms with E-state index in [1.54, 1.807) is 4.90 Å². The maximum atomic E-state index is 11.8. The number of hydrogen-bond donors (Lipinski definition) is 0. The van der Waals surface area contributed by atoms with Crippen molar-refractivity contribution in [1.82, 2.24) is 0 Å².